The van der Waals surface area contributed by atoms with Crippen molar-refractivity contribution >= 4 is 11.9 Å². The molecule has 1 aliphatic heterocycles. The lowest BCUT2D eigenvalue weighted by molar-refractivity contribution is 0.0827. The van der Waals surface area contributed by atoms with Crippen LogP contribution in [0.15, 0.2) is 24.3 Å². The van der Waals surface area contributed by atoms with Gasteiger partial charge in [0.15, 0.2) is 0 Å². The molecule has 0 aliphatic carbocycles. The third-order valence-corrected chi connectivity index (χ3v) is 3.93. The largest absolute Gasteiger partial charge is 0.345 e. The van der Waals surface area contributed by atoms with Crippen LogP contribution in [0.4, 0.5) is 4.79 Å². The third kappa shape index (κ3) is 3.54. The number of nitrogens with zero attached hydrogens (tertiary/aromatic N) is 2. The van der Waals surface area contributed by atoms with E-state index in [1.807, 2.05) is 29.2 Å². The summed E-state index contributed by atoms with van der Waals surface area (Å²) in [7, 11) is 5.16. The highest BCUT2D eigenvalue weighted by Crippen LogP contribution is 2.27. The van der Waals surface area contributed by atoms with Crippen LogP contribution in [0, 0.1) is 0 Å². The molecule has 3 amide bonds. The van der Waals surface area contributed by atoms with Gasteiger partial charge in [-0.05, 0) is 30.5 Å². The van der Waals surface area contributed by atoms with E-state index in [4.69, 9.17) is 0 Å². The predicted octanol–water partition coefficient (Wildman–Crippen LogP) is 1.91. The van der Waals surface area contributed by atoms with Crippen LogP contribution < -0.4 is 5.32 Å². The average molecular weight is 289 g/mol. The number of rotatable bonds is 2. The van der Waals surface area contributed by atoms with Gasteiger partial charge in [0.2, 0.25) is 0 Å². The number of carbonyl (C=O) groups excluding carboxylic acids is 2. The molecule has 2 rings (SSSR count). The molecule has 0 radical (unpaired) electrons. The summed E-state index contributed by atoms with van der Waals surface area (Å²) in [4.78, 5) is 27.2. The second-order valence-corrected chi connectivity index (χ2v) is 5.67. The molecule has 1 saturated heterocycles. The van der Waals surface area contributed by atoms with Gasteiger partial charge in [0, 0.05) is 45.7 Å². The van der Waals surface area contributed by atoms with E-state index in [-0.39, 0.29) is 11.9 Å². The summed E-state index contributed by atoms with van der Waals surface area (Å²) in [5.41, 5.74) is 1.84. The molecule has 1 aliphatic rings. The van der Waals surface area contributed by atoms with Gasteiger partial charge in [-0.2, -0.15) is 0 Å². The van der Waals surface area contributed by atoms with Gasteiger partial charge in [0.25, 0.3) is 5.91 Å². The number of nitrogens with one attached hydrogen (secondary N) is 1. The zero-order valence-corrected chi connectivity index (χ0v) is 12.9. The fourth-order valence-electron chi connectivity index (χ4n) is 2.78. The fraction of sp³-hybridized carbons (Fsp3) is 0.500. The maximum Gasteiger partial charge on any atom is 0.317 e. The highest BCUT2D eigenvalue weighted by Gasteiger charge is 2.24. The van der Waals surface area contributed by atoms with Crippen molar-refractivity contribution < 1.29 is 9.59 Å². The molecule has 1 heterocycles. The van der Waals surface area contributed by atoms with Gasteiger partial charge in [0.1, 0.15) is 0 Å². The maximum absolute atomic E-state index is 12.0. The van der Waals surface area contributed by atoms with Crippen LogP contribution in [-0.2, 0) is 0 Å². The summed E-state index contributed by atoms with van der Waals surface area (Å²) in [6, 6.07) is 7.74. The summed E-state index contributed by atoms with van der Waals surface area (Å²) in [6.45, 7) is 1.51. The van der Waals surface area contributed by atoms with E-state index in [9.17, 15) is 9.59 Å². The molecule has 21 heavy (non-hydrogen) atoms. The minimum Gasteiger partial charge on any atom is -0.345 e. The summed E-state index contributed by atoms with van der Waals surface area (Å²) in [5.74, 6) is 0.307. The van der Waals surface area contributed by atoms with E-state index >= 15 is 0 Å². The van der Waals surface area contributed by atoms with Crippen LogP contribution in [0.5, 0.6) is 0 Å². The fourth-order valence-corrected chi connectivity index (χ4v) is 2.78. The zero-order valence-electron chi connectivity index (χ0n) is 12.9. The number of likely N-dealkylation sites (tertiary alicyclic amines) is 1. The van der Waals surface area contributed by atoms with Crippen molar-refractivity contribution in [3.05, 3.63) is 35.4 Å². The molecule has 114 valence electrons. The van der Waals surface area contributed by atoms with E-state index in [1.165, 1.54) is 0 Å². The first-order valence-electron chi connectivity index (χ1n) is 7.31. The minimum absolute atomic E-state index is 0.0100. The Labute approximate surface area is 125 Å². The third-order valence-electron chi connectivity index (χ3n) is 3.93. The number of carbonyl (C=O) groups is 2. The van der Waals surface area contributed by atoms with Crippen molar-refractivity contribution in [2.75, 3.05) is 34.2 Å². The number of urea groups is 1. The van der Waals surface area contributed by atoms with Gasteiger partial charge in [-0.1, -0.05) is 12.1 Å². The number of amides is 3. The molecule has 5 heteroatoms. The molecule has 0 aromatic heterocycles. The second-order valence-electron chi connectivity index (χ2n) is 5.67. The molecular weight excluding hydrogens is 266 g/mol. The lowest BCUT2D eigenvalue weighted by atomic mass is 9.89. The lowest BCUT2D eigenvalue weighted by Gasteiger charge is -2.32. The van der Waals surface area contributed by atoms with Crippen molar-refractivity contribution in [3.8, 4) is 0 Å². The molecule has 1 N–H and O–H groups in total. The molecule has 1 fully saturated rings. The summed E-state index contributed by atoms with van der Waals surface area (Å²) >= 11 is 0. The highest BCUT2D eigenvalue weighted by molar-refractivity contribution is 5.94. The zero-order chi connectivity index (χ0) is 15.4. The Hall–Kier alpha value is -2.04. The molecular formula is C16H23N3O2. The summed E-state index contributed by atoms with van der Waals surface area (Å²) < 4.78 is 0. The first-order chi connectivity index (χ1) is 10.0. The molecule has 5 nitrogen and oxygen atoms in total. The molecule has 0 bridgehead atoms. The van der Waals surface area contributed by atoms with E-state index in [0.717, 1.165) is 24.9 Å². The standard InChI is InChI=1S/C16H23N3O2/c1-17-16(21)19-9-5-8-14(11-19)12-6-4-7-13(10-12)15(20)18(2)3/h4,6-7,10,14H,5,8-9,11H2,1-3H3,(H,17,21)/t14-/m0/s1. The SMILES string of the molecule is CNC(=O)N1CCC[C@H](c2cccc(C(=O)N(C)C)c2)C1. The smallest absolute Gasteiger partial charge is 0.317 e. The molecule has 0 unspecified atom stereocenters. The van der Waals surface area contributed by atoms with Crippen LogP contribution >= 0.6 is 0 Å². The number of hydrogen-bond donors (Lipinski definition) is 1. The Bertz CT molecular complexity index is 528. The Morgan fingerprint density at radius 1 is 1.33 bits per heavy atom. The van der Waals surface area contributed by atoms with E-state index in [0.29, 0.717) is 18.0 Å². The monoisotopic (exact) mass is 289 g/mol. The van der Waals surface area contributed by atoms with Gasteiger partial charge in [-0.3, -0.25) is 4.79 Å². The molecule has 1 aromatic rings. The van der Waals surface area contributed by atoms with Crippen molar-refractivity contribution in [3.63, 3.8) is 0 Å². The quantitative estimate of drug-likeness (QED) is 0.904. The number of hydrogen-bond acceptors (Lipinski definition) is 2. The van der Waals surface area contributed by atoms with E-state index < -0.39 is 0 Å². The molecule has 0 saturated carbocycles. The summed E-state index contributed by atoms with van der Waals surface area (Å²) in [5, 5.41) is 2.68. The van der Waals surface area contributed by atoms with Gasteiger partial charge in [0.05, 0.1) is 0 Å². The Kier molecular flexibility index (Phi) is 4.83. The Morgan fingerprint density at radius 2 is 2.10 bits per heavy atom. The van der Waals surface area contributed by atoms with Crippen LogP contribution in [0.25, 0.3) is 0 Å². The van der Waals surface area contributed by atoms with Gasteiger partial charge < -0.3 is 15.1 Å². The molecule has 1 aromatic carbocycles. The second kappa shape index (κ2) is 6.61. The van der Waals surface area contributed by atoms with Gasteiger partial charge in [-0.25, -0.2) is 4.79 Å². The summed E-state index contributed by atoms with van der Waals surface area (Å²) in [6.07, 6.45) is 2.04. The highest BCUT2D eigenvalue weighted by atomic mass is 16.2. The molecule has 0 spiro atoms. The molecule has 1 atom stereocenters. The predicted molar refractivity (Wildman–Crippen MR) is 82.5 cm³/mol. The topological polar surface area (TPSA) is 52.7 Å². The van der Waals surface area contributed by atoms with Gasteiger partial charge >= 0.3 is 6.03 Å². The average Bonchev–Trinajstić information content (AvgIpc) is 2.53. The normalized spacial score (nSPS) is 18.2. The van der Waals surface area contributed by atoms with Crippen molar-refractivity contribution in [2.24, 2.45) is 0 Å². The van der Waals surface area contributed by atoms with Crippen LogP contribution in [0.3, 0.4) is 0 Å². The van der Waals surface area contributed by atoms with Crippen LogP contribution in [-0.4, -0.2) is 56.0 Å². The first-order valence-corrected chi connectivity index (χ1v) is 7.31. The van der Waals surface area contributed by atoms with E-state index in [1.54, 1.807) is 26.0 Å². The van der Waals surface area contributed by atoms with Crippen LogP contribution in [0.1, 0.15) is 34.7 Å². The number of benzene rings is 1. The van der Waals surface area contributed by atoms with Crippen molar-refractivity contribution in [1.29, 1.82) is 0 Å². The first kappa shape index (κ1) is 15.4. The van der Waals surface area contributed by atoms with Gasteiger partial charge in [-0.15, -0.1) is 0 Å². The van der Waals surface area contributed by atoms with Crippen molar-refractivity contribution in [2.45, 2.75) is 18.8 Å². The van der Waals surface area contributed by atoms with Crippen LogP contribution in [0.2, 0.25) is 0 Å². The van der Waals surface area contributed by atoms with Crippen molar-refractivity contribution in [1.82, 2.24) is 15.1 Å². The lowest BCUT2D eigenvalue weighted by Crippen LogP contribution is -2.43. The van der Waals surface area contributed by atoms with E-state index in [2.05, 4.69) is 5.32 Å². The Morgan fingerprint density at radius 3 is 2.76 bits per heavy atom. The number of piperidine rings is 1. The minimum atomic E-state index is -0.0276. The Balaban J connectivity index is 2.16. The maximum atomic E-state index is 12.0.